The quantitative estimate of drug-likeness (QED) is 0.0308. The fourth-order valence-electron chi connectivity index (χ4n) is 8.29. The smallest absolute Gasteiger partial charge is 0.407 e. The van der Waals surface area contributed by atoms with Gasteiger partial charge in [-0.1, -0.05) is 45.4 Å². The zero-order valence-corrected chi connectivity index (χ0v) is 36.4. The van der Waals surface area contributed by atoms with Crippen LogP contribution in [0.3, 0.4) is 0 Å². The molecule has 0 spiro atoms. The van der Waals surface area contributed by atoms with Gasteiger partial charge in [0.05, 0.1) is 19.8 Å². The third-order valence-electron chi connectivity index (χ3n) is 12.0. The molecule has 0 aromatic carbocycles. The van der Waals surface area contributed by atoms with Crippen molar-refractivity contribution in [3.63, 3.8) is 0 Å². The maximum absolute atomic E-state index is 12.9. The highest BCUT2D eigenvalue weighted by Gasteiger charge is 2.34. The Bertz CT molecular complexity index is 1170. The molecule has 334 valence electrons. The molecule has 0 bridgehead atoms. The van der Waals surface area contributed by atoms with Crippen molar-refractivity contribution in [1.29, 1.82) is 0 Å². The third-order valence-corrected chi connectivity index (χ3v) is 12.0. The molecule has 2 N–H and O–H groups in total. The molecule has 3 aliphatic rings. The lowest BCUT2D eigenvalue weighted by Crippen LogP contribution is -2.42. The van der Waals surface area contributed by atoms with Crippen molar-refractivity contribution in [2.75, 3.05) is 39.5 Å². The Morgan fingerprint density at radius 1 is 0.569 bits per heavy atom. The lowest BCUT2D eigenvalue weighted by molar-refractivity contribution is -0.147. The number of rotatable bonds is 30. The fourth-order valence-corrected chi connectivity index (χ4v) is 8.29. The molecule has 1 saturated heterocycles. The van der Waals surface area contributed by atoms with Crippen molar-refractivity contribution in [2.45, 2.75) is 206 Å². The summed E-state index contributed by atoms with van der Waals surface area (Å²) in [6.07, 6.45) is 21.9. The highest BCUT2D eigenvalue weighted by molar-refractivity contribution is 5.71. The van der Waals surface area contributed by atoms with Gasteiger partial charge in [-0.3, -0.25) is 19.3 Å². The predicted molar refractivity (Wildman–Crippen MR) is 223 cm³/mol. The number of carbonyl (C=O) groups is 5. The Morgan fingerprint density at radius 2 is 1.03 bits per heavy atom. The highest BCUT2D eigenvalue weighted by Crippen LogP contribution is 2.35. The van der Waals surface area contributed by atoms with Crippen molar-refractivity contribution < 1.29 is 47.7 Å². The van der Waals surface area contributed by atoms with E-state index in [1.807, 2.05) is 0 Å². The number of ether oxygens (including phenoxy) is 5. The van der Waals surface area contributed by atoms with E-state index in [0.29, 0.717) is 76.3 Å². The number of hydrogen-bond donors (Lipinski definition) is 2. The zero-order chi connectivity index (χ0) is 41.8. The Kier molecular flexibility index (Phi) is 25.5. The van der Waals surface area contributed by atoms with Crippen molar-refractivity contribution in [3.8, 4) is 0 Å². The number of hydrogen-bond acceptors (Lipinski definition) is 11. The molecule has 0 aromatic heterocycles. The molecule has 3 rings (SSSR count). The minimum atomic E-state index is -0.471. The van der Waals surface area contributed by atoms with Gasteiger partial charge in [0.1, 0.15) is 6.61 Å². The van der Waals surface area contributed by atoms with Crippen molar-refractivity contribution in [2.24, 2.45) is 11.8 Å². The lowest BCUT2D eigenvalue weighted by atomic mass is 9.76. The molecule has 3 unspecified atom stereocenters. The Balaban J connectivity index is 1.17. The van der Waals surface area contributed by atoms with E-state index >= 15 is 0 Å². The van der Waals surface area contributed by atoms with Crippen LogP contribution in [-0.2, 0) is 38.1 Å². The summed E-state index contributed by atoms with van der Waals surface area (Å²) in [7, 11) is 0. The number of nitrogens with one attached hydrogen (secondary N) is 2. The van der Waals surface area contributed by atoms with Crippen LogP contribution in [0.1, 0.15) is 181 Å². The van der Waals surface area contributed by atoms with Crippen LogP contribution < -0.4 is 10.6 Å². The molecule has 13 heteroatoms. The van der Waals surface area contributed by atoms with E-state index in [2.05, 4.69) is 29.4 Å². The minimum Gasteiger partial charge on any atom is -0.466 e. The van der Waals surface area contributed by atoms with Gasteiger partial charge in [-0.05, 0) is 128 Å². The predicted octanol–water partition coefficient (Wildman–Crippen LogP) is 8.93. The molecular weight excluding hydrogens is 743 g/mol. The van der Waals surface area contributed by atoms with E-state index in [4.69, 9.17) is 23.7 Å². The number of unbranched alkanes of at least 4 members (excludes halogenated alkanes) is 10. The molecule has 0 radical (unpaired) electrons. The van der Waals surface area contributed by atoms with Crippen LogP contribution in [0.4, 0.5) is 9.59 Å². The van der Waals surface area contributed by atoms with E-state index in [9.17, 15) is 24.0 Å². The van der Waals surface area contributed by atoms with Crippen LogP contribution >= 0.6 is 0 Å². The second kappa shape index (κ2) is 30.0. The number of esters is 3. The van der Waals surface area contributed by atoms with Gasteiger partial charge in [0, 0.05) is 50.5 Å². The molecule has 0 aromatic rings. The number of carbonyl (C=O) groups excluding carboxylic acids is 5. The number of alkyl carbamates (subject to hydrolysis) is 2. The number of nitrogens with zero attached hydrogens (tertiary/aromatic N) is 1. The molecule has 2 aliphatic carbocycles. The molecule has 13 nitrogen and oxygen atoms in total. The van der Waals surface area contributed by atoms with Crippen molar-refractivity contribution >= 4 is 30.1 Å². The van der Waals surface area contributed by atoms with Gasteiger partial charge in [-0.25, -0.2) is 9.59 Å². The first kappa shape index (κ1) is 49.3. The van der Waals surface area contributed by atoms with Crippen LogP contribution in [0.15, 0.2) is 0 Å². The van der Waals surface area contributed by atoms with Gasteiger partial charge in [0.25, 0.3) is 0 Å². The third kappa shape index (κ3) is 23.5. The molecule has 2 amide bonds. The van der Waals surface area contributed by atoms with Crippen LogP contribution in [0.5, 0.6) is 0 Å². The van der Waals surface area contributed by atoms with Gasteiger partial charge in [-0.2, -0.15) is 0 Å². The molecule has 2 saturated carbocycles. The summed E-state index contributed by atoms with van der Waals surface area (Å²) in [5.74, 6) is 0.648. The van der Waals surface area contributed by atoms with E-state index in [1.165, 1.54) is 32.1 Å². The minimum absolute atomic E-state index is 0.102. The second-order valence-electron chi connectivity index (χ2n) is 17.1. The molecule has 1 aliphatic heterocycles. The van der Waals surface area contributed by atoms with Crippen molar-refractivity contribution in [1.82, 2.24) is 15.5 Å². The standard InChI is InChI=1S/C45H79N3O10/c1-4-6-7-8-9-10-13-18-43(51)57-34-40(33-48-32-35(48)3)58-45(53)47-39-27-23-37(24-28-39)31-36-21-25-38(26-22-36)46-44(52)56-30-17-12-11-16-29-55-42(50)20-15-14-19-41(49)54-5-2/h35-40H,4-34H2,1-3H3,(H,46,52)(H,47,53). The van der Waals surface area contributed by atoms with Gasteiger partial charge in [-0.15, -0.1) is 0 Å². The highest BCUT2D eigenvalue weighted by atomic mass is 16.6. The van der Waals surface area contributed by atoms with E-state index < -0.39 is 12.2 Å². The Hall–Kier alpha value is -3.09. The Labute approximate surface area is 349 Å². The summed E-state index contributed by atoms with van der Waals surface area (Å²) >= 11 is 0. The van der Waals surface area contributed by atoms with Gasteiger partial charge >= 0.3 is 30.1 Å². The van der Waals surface area contributed by atoms with Crippen molar-refractivity contribution in [3.05, 3.63) is 0 Å². The van der Waals surface area contributed by atoms with E-state index in [0.717, 1.165) is 103 Å². The molecular formula is C45H79N3O10. The Morgan fingerprint density at radius 3 is 1.59 bits per heavy atom. The normalized spacial score (nSPS) is 23.2. The van der Waals surface area contributed by atoms with Crippen LogP contribution in [0.2, 0.25) is 0 Å². The first-order valence-corrected chi connectivity index (χ1v) is 23.3. The van der Waals surface area contributed by atoms with Crippen LogP contribution in [-0.4, -0.2) is 98.7 Å². The summed E-state index contributed by atoms with van der Waals surface area (Å²) in [6.45, 7) is 8.92. The average Bonchev–Trinajstić information content (AvgIpc) is 3.91. The summed E-state index contributed by atoms with van der Waals surface area (Å²) in [5, 5.41) is 6.16. The number of amides is 2. The summed E-state index contributed by atoms with van der Waals surface area (Å²) in [5.41, 5.74) is 0. The van der Waals surface area contributed by atoms with Gasteiger partial charge in [0.15, 0.2) is 6.10 Å². The summed E-state index contributed by atoms with van der Waals surface area (Å²) < 4.78 is 26.9. The maximum Gasteiger partial charge on any atom is 0.407 e. The van der Waals surface area contributed by atoms with Gasteiger partial charge < -0.3 is 34.3 Å². The van der Waals surface area contributed by atoms with E-state index in [1.54, 1.807) is 6.92 Å². The van der Waals surface area contributed by atoms with Crippen LogP contribution in [0.25, 0.3) is 0 Å². The molecule has 58 heavy (non-hydrogen) atoms. The maximum atomic E-state index is 12.9. The summed E-state index contributed by atoms with van der Waals surface area (Å²) in [4.78, 5) is 63.1. The molecule has 1 heterocycles. The zero-order valence-electron chi connectivity index (χ0n) is 36.4. The topological polar surface area (TPSA) is 159 Å². The SMILES string of the molecule is CCCCCCCCCC(=O)OCC(CN1CC1C)OC(=O)NC1CCC(CC2CCC(NC(=O)OCCCCCCOC(=O)CCCCC(=O)OCC)CC2)CC1. The van der Waals surface area contributed by atoms with Crippen LogP contribution in [0, 0.1) is 11.8 Å². The first-order chi connectivity index (χ1) is 28.1. The largest absolute Gasteiger partial charge is 0.466 e. The second-order valence-corrected chi connectivity index (χ2v) is 17.1. The lowest BCUT2D eigenvalue weighted by Gasteiger charge is -2.34. The monoisotopic (exact) mass is 822 g/mol. The molecule has 3 fully saturated rings. The summed E-state index contributed by atoms with van der Waals surface area (Å²) in [6, 6.07) is 0.731. The van der Waals surface area contributed by atoms with Gasteiger partial charge in [0.2, 0.25) is 0 Å². The van der Waals surface area contributed by atoms with E-state index in [-0.39, 0.29) is 42.7 Å². The average molecular weight is 822 g/mol. The molecule has 3 atom stereocenters. The first-order valence-electron chi connectivity index (χ1n) is 23.3. The fraction of sp³-hybridized carbons (Fsp3) is 0.889.